The van der Waals surface area contributed by atoms with Crippen LogP contribution >= 0.6 is 0 Å². The molecule has 0 amide bonds. The van der Waals surface area contributed by atoms with Gasteiger partial charge in [0.1, 0.15) is 12.4 Å². The topological polar surface area (TPSA) is 42.0 Å². The van der Waals surface area contributed by atoms with Gasteiger partial charge in [0.15, 0.2) is 0 Å². The van der Waals surface area contributed by atoms with Gasteiger partial charge in [0.05, 0.1) is 12.5 Å². The van der Waals surface area contributed by atoms with Crippen LogP contribution < -0.4 is 9.64 Å². The molecule has 1 saturated heterocycles. The van der Waals surface area contributed by atoms with Crippen molar-refractivity contribution in [3.8, 4) is 5.75 Å². The molecule has 1 heterocycles. The first-order valence-corrected chi connectivity index (χ1v) is 8.39. The minimum Gasteiger partial charge on any atom is -0.492 e. The van der Waals surface area contributed by atoms with Gasteiger partial charge in [-0.15, -0.1) is 0 Å². The molecule has 0 saturated carbocycles. The lowest BCUT2D eigenvalue weighted by molar-refractivity contribution is -0.148. The van der Waals surface area contributed by atoms with E-state index in [1.165, 1.54) is 5.69 Å². The van der Waals surface area contributed by atoms with Crippen LogP contribution in [0.15, 0.2) is 24.3 Å². The minimum absolute atomic E-state index is 0.0446. The zero-order chi connectivity index (χ0) is 16.7. The van der Waals surface area contributed by atoms with Gasteiger partial charge >= 0.3 is 5.97 Å². The van der Waals surface area contributed by atoms with Crippen molar-refractivity contribution in [2.45, 2.75) is 19.8 Å². The number of likely N-dealkylation sites (N-methyl/N-ethyl adjacent to an activating group) is 1. The Kier molecular flexibility index (Phi) is 6.71. The number of rotatable bonds is 7. The molecule has 1 fully saturated rings. The fourth-order valence-corrected chi connectivity index (χ4v) is 2.73. The molecule has 0 aromatic heterocycles. The highest BCUT2D eigenvalue weighted by Crippen LogP contribution is 2.25. The smallest absolute Gasteiger partial charge is 0.309 e. The van der Waals surface area contributed by atoms with Gasteiger partial charge in [0.2, 0.25) is 0 Å². The van der Waals surface area contributed by atoms with Crippen molar-refractivity contribution in [3.05, 3.63) is 24.3 Å². The molecule has 0 spiro atoms. The third kappa shape index (κ3) is 5.43. The van der Waals surface area contributed by atoms with Gasteiger partial charge in [0.25, 0.3) is 0 Å². The van der Waals surface area contributed by atoms with Gasteiger partial charge in [0, 0.05) is 25.3 Å². The summed E-state index contributed by atoms with van der Waals surface area (Å²) in [7, 11) is 4.07. The molecular weight excluding hydrogens is 292 g/mol. The van der Waals surface area contributed by atoms with E-state index in [9.17, 15) is 4.79 Å². The number of esters is 1. The van der Waals surface area contributed by atoms with Crippen LogP contribution in [-0.4, -0.2) is 57.8 Å². The SMILES string of the molecule is CCOC(=O)C1CCN(c2ccc(OCCN(C)C)cc2)CC1. The Bertz CT molecular complexity index is 480. The molecule has 5 nitrogen and oxygen atoms in total. The first-order valence-electron chi connectivity index (χ1n) is 8.39. The van der Waals surface area contributed by atoms with E-state index >= 15 is 0 Å². The molecule has 2 rings (SSSR count). The van der Waals surface area contributed by atoms with Crippen molar-refractivity contribution >= 4 is 11.7 Å². The second kappa shape index (κ2) is 8.77. The number of anilines is 1. The minimum atomic E-state index is -0.0446. The zero-order valence-corrected chi connectivity index (χ0v) is 14.5. The summed E-state index contributed by atoms with van der Waals surface area (Å²) in [6.45, 7) is 5.71. The fourth-order valence-electron chi connectivity index (χ4n) is 2.73. The summed E-state index contributed by atoms with van der Waals surface area (Å²) in [5.74, 6) is 0.911. The molecule has 0 aliphatic carbocycles. The summed E-state index contributed by atoms with van der Waals surface area (Å²) in [6.07, 6.45) is 1.72. The highest BCUT2D eigenvalue weighted by Gasteiger charge is 2.25. The summed E-state index contributed by atoms with van der Waals surface area (Å²) in [5, 5.41) is 0. The lowest BCUT2D eigenvalue weighted by Crippen LogP contribution is -2.36. The Hall–Kier alpha value is -1.75. The first kappa shape index (κ1) is 17.6. The standard InChI is InChI=1S/C18H28N2O3/c1-4-22-18(21)15-9-11-20(12-10-15)16-5-7-17(8-6-16)23-14-13-19(2)3/h5-8,15H,4,9-14H2,1-3H3. The summed E-state index contributed by atoms with van der Waals surface area (Å²) in [5.41, 5.74) is 1.19. The summed E-state index contributed by atoms with van der Waals surface area (Å²) in [6, 6.07) is 8.22. The highest BCUT2D eigenvalue weighted by atomic mass is 16.5. The van der Waals surface area contributed by atoms with Crippen LogP contribution in [0.4, 0.5) is 5.69 Å². The molecular formula is C18H28N2O3. The summed E-state index contributed by atoms with van der Waals surface area (Å²) in [4.78, 5) is 16.2. The molecule has 0 unspecified atom stereocenters. The Morgan fingerprint density at radius 3 is 2.43 bits per heavy atom. The van der Waals surface area contributed by atoms with Crippen LogP contribution in [0, 0.1) is 5.92 Å². The van der Waals surface area contributed by atoms with Gasteiger partial charge in [-0.1, -0.05) is 0 Å². The van der Waals surface area contributed by atoms with E-state index in [0.29, 0.717) is 13.2 Å². The van der Waals surface area contributed by atoms with Gasteiger partial charge in [-0.3, -0.25) is 4.79 Å². The van der Waals surface area contributed by atoms with Gasteiger partial charge in [-0.2, -0.15) is 0 Å². The van der Waals surface area contributed by atoms with Crippen LogP contribution in [0.2, 0.25) is 0 Å². The molecule has 0 radical (unpaired) electrons. The lowest BCUT2D eigenvalue weighted by Gasteiger charge is -2.32. The van der Waals surface area contributed by atoms with Gasteiger partial charge in [-0.25, -0.2) is 0 Å². The van der Waals surface area contributed by atoms with Crippen molar-refractivity contribution in [2.24, 2.45) is 5.92 Å². The first-order chi connectivity index (χ1) is 11.1. The molecule has 23 heavy (non-hydrogen) atoms. The van der Waals surface area contributed by atoms with Crippen molar-refractivity contribution in [2.75, 3.05) is 51.8 Å². The molecule has 1 aromatic carbocycles. The number of hydrogen-bond donors (Lipinski definition) is 0. The number of carbonyl (C=O) groups excluding carboxylic acids is 1. The quantitative estimate of drug-likeness (QED) is 0.722. The predicted molar refractivity (Wildman–Crippen MR) is 92.1 cm³/mol. The van der Waals surface area contributed by atoms with E-state index in [0.717, 1.165) is 38.2 Å². The maximum Gasteiger partial charge on any atom is 0.309 e. The van der Waals surface area contributed by atoms with E-state index < -0.39 is 0 Å². The van der Waals surface area contributed by atoms with Crippen LogP contribution in [0.3, 0.4) is 0 Å². The maximum atomic E-state index is 11.8. The fraction of sp³-hybridized carbons (Fsp3) is 0.611. The second-order valence-electron chi connectivity index (χ2n) is 6.16. The predicted octanol–water partition coefficient (Wildman–Crippen LogP) is 2.41. The van der Waals surface area contributed by atoms with Crippen molar-refractivity contribution < 1.29 is 14.3 Å². The largest absolute Gasteiger partial charge is 0.492 e. The Morgan fingerprint density at radius 2 is 1.87 bits per heavy atom. The molecule has 0 atom stereocenters. The van der Waals surface area contributed by atoms with Crippen molar-refractivity contribution in [1.82, 2.24) is 4.90 Å². The number of hydrogen-bond acceptors (Lipinski definition) is 5. The average Bonchev–Trinajstić information content (AvgIpc) is 2.55. The van der Waals surface area contributed by atoms with E-state index in [1.807, 2.05) is 33.2 Å². The van der Waals surface area contributed by atoms with Crippen molar-refractivity contribution in [1.29, 1.82) is 0 Å². The lowest BCUT2D eigenvalue weighted by atomic mass is 9.96. The molecule has 128 valence electrons. The van der Waals surface area contributed by atoms with Crippen LogP contribution in [0.5, 0.6) is 5.75 Å². The maximum absolute atomic E-state index is 11.8. The molecule has 0 bridgehead atoms. The average molecular weight is 320 g/mol. The van der Waals surface area contributed by atoms with Gasteiger partial charge in [-0.05, 0) is 58.1 Å². The second-order valence-corrected chi connectivity index (χ2v) is 6.16. The van der Waals surface area contributed by atoms with Crippen molar-refractivity contribution in [3.63, 3.8) is 0 Å². The zero-order valence-electron chi connectivity index (χ0n) is 14.5. The normalized spacial score (nSPS) is 15.7. The van der Waals surface area contributed by atoms with E-state index in [2.05, 4.69) is 21.9 Å². The van der Waals surface area contributed by atoms with E-state index in [4.69, 9.17) is 9.47 Å². The Morgan fingerprint density at radius 1 is 1.22 bits per heavy atom. The number of benzene rings is 1. The molecule has 0 N–H and O–H groups in total. The third-order valence-electron chi connectivity index (χ3n) is 4.12. The molecule has 1 aromatic rings. The third-order valence-corrected chi connectivity index (χ3v) is 4.12. The number of carbonyl (C=O) groups is 1. The van der Waals surface area contributed by atoms with E-state index in [-0.39, 0.29) is 11.9 Å². The summed E-state index contributed by atoms with van der Waals surface area (Å²) < 4.78 is 10.8. The number of ether oxygens (including phenoxy) is 2. The molecule has 5 heteroatoms. The van der Waals surface area contributed by atoms with Crippen LogP contribution in [0.25, 0.3) is 0 Å². The van der Waals surface area contributed by atoms with E-state index in [1.54, 1.807) is 0 Å². The molecule has 1 aliphatic rings. The van der Waals surface area contributed by atoms with Crippen LogP contribution in [-0.2, 0) is 9.53 Å². The highest BCUT2D eigenvalue weighted by molar-refractivity contribution is 5.72. The monoisotopic (exact) mass is 320 g/mol. The van der Waals surface area contributed by atoms with Crippen LogP contribution in [0.1, 0.15) is 19.8 Å². The number of piperidine rings is 1. The van der Waals surface area contributed by atoms with Gasteiger partial charge < -0.3 is 19.3 Å². The Balaban J connectivity index is 1.81. The summed E-state index contributed by atoms with van der Waals surface area (Å²) >= 11 is 0. The number of nitrogens with zero attached hydrogens (tertiary/aromatic N) is 2. The molecule has 1 aliphatic heterocycles. The Labute approximate surface area is 139 Å².